The van der Waals surface area contributed by atoms with Gasteiger partial charge in [-0.25, -0.2) is 9.69 Å². The first-order valence-corrected chi connectivity index (χ1v) is 11.6. The molecule has 1 saturated carbocycles. The van der Waals surface area contributed by atoms with Crippen molar-refractivity contribution in [3.63, 3.8) is 0 Å². The number of nitrogens with zero attached hydrogens (tertiary/aromatic N) is 1. The van der Waals surface area contributed by atoms with E-state index in [0.717, 1.165) is 18.4 Å². The Hall–Kier alpha value is -3.99. The van der Waals surface area contributed by atoms with Gasteiger partial charge in [0.2, 0.25) is 11.8 Å². The topological polar surface area (TPSA) is 63.7 Å². The lowest BCUT2D eigenvalue weighted by atomic mass is 9.85. The molecule has 3 aromatic rings. The number of amides is 2. The number of ether oxygens (including phenoxy) is 1. The zero-order chi connectivity index (χ0) is 23.2. The number of hydrogen-bond acceptors (Lipinski definition) is 4. The van der Waals surface area contributed by atoms with Crippen molar-refractivity contribution in [2.24, 2.45) is 23.7 Å². The van der Waals surface area contributed by atoms with Gasteiger partial charge in [0, 0.05) is 0 Å². The molecule has 4 atom stereocenters. The second kappa shape index (κ2) is 8.10. The molecular weight excluding hydrogens is 426 g/mol. The highest BCUT2D eigenvalue weighted by Gasteiger charge is 2.59. The van der Waals surface area contributed by atoms with Gasteiger partial charge >= 0.3 is 5.97 Å². The van der Waals surface area contributed by atoms with Crippen molar-refractivity contribution < 1.29 is 19.1 Å². The van der Waals surface area contributed by atoms with Gasteiger partial charge in [-0.2, -0.15) is 0 Å². The van der Waals surface area contributed by atoms with E-state index in [0.29, 0.717) is 17.0 Å². The van der Waals surface area contributed by atoms with Crippen molar-refractivity contribution in [3.05, 3.63) is 108 Å². The minimum absolute atomic E-state index is 0.148. The number of imide groups is 1. The van der Waals surface area contributed by atoms with Gasteiger partial charge in [-0.05, 0) is 66.1 Å². The van der Waals surface area contributed by atoms with Gasteiger partial charge in [-0.15, -0.1) is 0 Å². The molecule has 1 heterocycles. The maximum atomic E-state index is 13.1. The predicted octanol–water partition coefficient (Wildman–Crippen LogP) is 4.81. The van der Waals surface area contributed by atoms with E-state index < -0.39 is 5.97 Å². The van der Waals surface area contributed by atoms with Crippen LogP contribution in [0.5, 0.6) is 5.75 Å². The minimum atomic E-state index is -0.529. The standard InChI is InChI=1S/C29H23NO4/c31-27-25-20-11-12-21(16-20)26(25)28(32)30(27)23-8-4-7-22(17-23)29(33)34-24-13-9-19(10-14-24)15-18-5-2-1-3-6-18/h1-14,17,20-21,25-26H,15-16H2/t20-,21-,25-,26+/m0/s1. The van der Waals surface area contributed by atoms with Crippen LogP contribution in [0.1, 0.15) is 27.9 Å². The van der Waals surface area contributed by atoms with Crippen LogP contribution in [0.4, 0.5) is 5.69 Å². The number of rotatable bonds is 5. The summed E-state index contributed by atoms with van der Waals surface area (Å²) < 4.78 is 5.56. The lowest BCUT2D eigenvalue weighted by molar-refractivity contribution is -0.123. The summed E-state index contributed by atoms with van der Waals surface area (Å²) in [6.45, 7) is 0. The Balaban J connectivity index is 1.16. The minimum Gasteiger partial charge on any atom is -0.423 e. The van der Waals surface area contributed by atoms with Crippen molar-refractivity contribution in [1.82, 2.24) is 0 Å². The van der Waals surface area contributed by atoms with Crippen LogP contribution in [0, 0.1) is 23.7 Å². The molecule has 0 radical (unpaired) electrons. The van der Waals surface area contributed by atoms with Gasteiger partial charge < -0.3 is 4.74 Å². The second-order valence-corrected chi connectivity index (χ2v) is 9.26. The molecular formula is C29H23NO4. The molecule has 0 N–H and O–H groups in total. The number of benzene rings is 3. The molecule has 2 fully saturated rings. The molecule has 3 aromatic carbocycles. The van der Waals surface area contributed by atoms with E-state index in [4.69, 9.17) is 4.74 Å². The Morgan fingerprint density at radius 3 is 2.12 bits per heavy atom. The van der Waals surface area contributed by atoms with Crippen LogP contribution in [0.2, 0.25) is 0 Å². The second-order valence-electron chi connectivity index (χ2n) is 9.26. The summed E-state index contributed by atoms with van der Waals surface area (Å²) in [7, 11) is 0. The van der Waals surface area contributed by atoms with Crippen molar-refractivity contribution in [2.75, 3.05) is 4.90 Å². The maximum Gasteiger partial charge on any atom is 0.343 e. The number of carbonyl (C=O) groups excluding carboxylic acids is 3. The van der Waals surface area contributed by atoms with Gasteiger partial charge in [0.1, 0.15) is 5.75 Å². The molecule has 34 heavy (non-hydrogen) atoms. The predicted molar refractivity (Wildman–Crippen MR) is 127 cm³/mol. The zero-order valence-electron chi connectivity index (χ0n) is 18.5. The molecule has 0 unspecified atom stereocenters. The number of fused-ring (bicyclic) bond motifs is 5. The Morgan fingerprint density at radius 2 is 1.44 bits per heavy atom. The van der Waals surface area contributed by atoms with E-state index in [9.17, 15) is 14.4 Å². The molecule has 6 rings (SSSR count). The molecule has 3 aliphatic rings. The summed E-state index contributed by atoms with van der Waals surface area (Å²) in [5.74, 6) is -0.655. The number of hydrogen-bond donors (Lipinski definition) is 0. The largest absolute Gasteiger partial charge is 0.423 e. The Kier molecular flexibility index (Phi) is 4.91. The fourth-order valence-corrected chi connectivity index (χ4v) is 5.60. The molecule has 168 valence electrons. The Labute approximate surface area is 197 Å². The SMILES string of the molecule is O=C(Oc1ccc(Cc2ccccc2)cc1)c1cccc(N2C(=O)[C@@H]3[C@H](C2=O)[C@H]2C=C[C@H]3C2)c1. The lowest BCUT2D eigenvalue weighted by Gasteiger charge is -2.18. The third-order valence-corrected chi connectivity index (χ3v) is 7.20. The summed E-state index contributed by atoms with van der Waals surface area (Å²) in [6.07, 6.45) is 5.82. The van der Waals surface area contributed by atoms with Crippen molar-refractivity contribution in [3.8, 4) is 5.75 Å². The third-order valence-electron chi connectivity index (χ3n) is 7.20. The maximum absolute atomic E-state index is 13.1. The van der Waals surface area contributed by atoms with Crippen molar-refractivity contribution in [2.45, 2.75) is 12.8 Å². The van der Waals surface area contributed by atoms with Crippen LogP contribution < -0.4 is 9.64 Å². The molecule has 0 spiro atoms. The van der Waals surface area contributed by atoms with Gasteiger partial charge in [0.25, 0.3) is 0 Å². The summed E-state index contributed by atoms with van der Waals surface area (Å²) in [6, 6.07) is 24.2. The molecule has 2 bridgehead atoms. The fourth-order valence-electron chi connectivity index (χ4n) is 5.60. The molecule has 5 nitrogen and oxygen atoms in total. The van der Waals surface area contributed by atoms with Crippen LogP contribution in [-0.2, 0) is 16.0 Å². The highest BCUT2D eigenvalue weighted by Crippen LogP contribution is 2.53. The van der Waals surface area contributed by atoms with Gasteiger partial charge in [0.15, 0.2) is 0 Å². The summed E-state index contributed by atoms with van der Waals surface area (Å²) in [4.78, 5) is 40.2. The van der Waals surface area contributed by atoms with Crippen LogP contribution in [0.15, 0.2) is 91.0 Å². The first-order chi connectivity index (χ1) is 16.6. The van der Waals surface area contributed by atoms with Crippen LogP contribution in [0.25, 0.3) is 0 Å². The monoisotopic (exact) mass is 449 g/mol. The Morgan fingerprint density at radius 1 is 0.794 bits per heavy atom. The first-order valence-electron chi connectivity index (χ1n) is 11.6. The smallest absolute Gasteiger partial charge is 0.343 e. The van der Waals surface area contributed by atoms with E-state index in [1.165, 1.54) is 10.5 Å². The van der Waals surface area contributed by atoms with Gasteiger partial charge in [-0.3, -0.25) is 9.59 Å². The number of esters is 1. The highest BCUT2D eigenvalue weighted by atomic mass is 16.5. The summed E-state index contributed by atoms with van der Waals surface area (Å²) >= 11 is 0. The fraction of sp³-hybridized carbons (Fsp3) is 0.207. The van der Waals surface area contributed by atoms with Gasteiger partial charge in [-0.1, -0.05) is 60.7 Å². The van der Waals surface area contributed by atoms with Crippen LogP contribution in [-0.4, -0.2) is 17.8 Å². The normalized spacial score (nSPS) is 24.5. The molecule has 1 saturated heterocycles. The number of carbonyl (C=O) groups is 3. The lowest BCUT2D eigenvalue weighted by Crippen LogP contribution is -2.33. The molecule has 1 aliphatic heterocycles. The van der Waals surface area contributed by atoms with Crippen molar-refractivity contribution >= 4 is 23.5 Å². The average Bonchev–Trinajstić information content (AvgIpc) is 3.55. The van der Waals surface area contributed by atoms with E-state index in [1.807, 2.05) is 30.3 Å². The molecule has 2 amide bonds. The van der Waals surface area contributed by atoms with Gasteiger partial charge in [0.05, 0.1) is 23.1 Å². The van der Waals surface area contributed by atoms with E-state index >= 15 is 0 Å². The molecule has 0 aromatic heterocycles. The average molecular weight is 450 g/mol. The molecule has 2 aliphatic carbocycles. The van der Waals surface area contributed by atoms with Crippen LogP contribution >= 0.6 is 0 Å². The molecule has 5 heteroatoms. The van der Waals surface area contributed by atoms with E-state index in [-0.39, 0.29) is 35.5 Å². The Bertz CT molecular complexity index is 1280. The number of anilines is 1. The van der Waals surface area contributed by atoms with Crippen molar-refractivity contribution in [1.29, 1.82) is 0 Å². The van der Waals surface area contributed by atoms with E-state index in [1.54, 1.807) is 36.4 Å². The quantitative estimate of drug-likeness (QED) is 0.243. The zero-order valence-corrected chi connectivity index (χ0v) is 18.5. The highest BCUT2D eigenvalue weighted by molar-refractivity contribution is 6.23. The summed E-state index contributed by atoms with van der Waals surface area (Å²) in [5, 5.41) is 0. The van der Waals surface area contributed by atoms with E-state index in [2.05, 4.69) is 24.3 Å². The first kappa shape index (κ1) is 20.6. The summed E-state index contributed by atoms with van der Waals surface area (Å²) in [5.41, 5.74) is 3.05. The van der Waals surface area contributed by atoms with Crippen LogP contribution in [0.3, 0.4) is 0 Å². The number of allylic oxidation sites excluding steroid dienone is 2. The third kappa shape index (κ3) is 3.45.